The summed E-state index contributed by atoms with van der Waals surface area (Å²) in [5, 5.41) is 0. The molecule has 0 saturated carbocycles. The highest BCUT2D eigenvalue weighted by molar-refractivity contribution is 6.18. The molecule has 0 atom stereocenters. The number of aryl methyl sites for hydroxylation is 2. The van der Waals surface area contributed by atoms with Crippen molar-refractivity contribution in [2.75, 3.05) is 33.1 Å². The number of ether oxygens (including phenoxy) is 1. The van der Waals surface area contributed by atoms with Crippen molar-refractivity contribution in [2.24, 2.45) is 0 Å². The van der Waals surface area contributed by atoms with Crippen LogP contribution in [0.5, 0.6) is 5.75 Å². The first-order chi connectivity index (χ1) is 8.08. The van der Waals surface area contributed by atoms with E-state index in [0.717, 1.165) is 25.3 Å². The largest absolute Gasteiger partial charge is 0.496 e. The number of nitrogens with zero attached hydrogens (tertiary/aromatic N) is 1. The van der Waals surface area contributed by atoms with E-state index in [-0.39, 0.29) is 0 Å². The van der Waals surface area contributed by atoms with Gasteiger partial charge in [0.1, 0.15) is 5.75 Å². The number of halogens is 1. The summed E-state index contributed by atoms with van der Waals surface area (Å²) < 4.78 is 5.43. The molecule has 0 N–H and O–H groups in total. The van der Waals surface area contributed by atoms with Crippen LogP contribution in [0.4, 0.5) is 0 Å². The molecule has 0 aromatic heterocycles. The maximum absolute atomic E-state index is 5.72. The van der Waals surface area contributed by atoms with Crippen LogP contribution in [0, 0.1) is 13.8 Å². The summed E-state index contributed by atoms with van der Waals surface area (Å²) in [6, 6.07) is 4.34. The molecule has 1 aromatic rings. The van der Waals surface area contributed by atoms with Crippen molar-refractivity contribution >= 4 is 11.6 Å². The average molecular weight is 256 g/mol. The van der Waals surface area contributed by atoms with Crippen molar-refractivity contribution in [3.8, 4) is 5.75 Å². The monoisotopic (exact) mass is 255 g/mol. The summed E-state index contributed by atoms with van der Waals surface area (Å²) in [5.41, 5.74) is 3.87. The molecule has 0 fully saturated rings. The summed E-state index contributed by atoms with van der Waals surface area (Å²) >= 11 is 5.72. The zero-order chi connectivity index (χ0) is 12.8. The fraction of sp³-hybridized carbons (Fsp3) is 0.571. The molecule has 96 valence electrons. The Morgan fingerprint density at radius 2 is 1.82 bits per heavy atom. The van der Waals surface area contributed by atoms with Crippen molar-refractivity contribution < 1.29 is 4.74 Å². The zero-order valence-electron chi connectivity index (χ0n) is 11.2. The molecule has 0 heterocycles. The van der Waals surface area contributed by atoms with Crippen molar-refractivity contribution in [1.82, 2.24) is 4.90 Å². The van der Waals surface area contributed by atoms with Gasteiger partial charge in [-0.2, -0.15) is 0 Å². The van der Waals surface area contributed by atoms with E-state index in [1.165, 1.54) is 16.7 Å². The lowest BCUT2D eigenvalue weighted by atomic mass is 10.0. The third kappa shape index (κ3) is 4.21. The minimum atomic E-state index is 0.681. The molecule has 1 aromatic carbocycles. The molecule has 1 rings (SSSR count). The Kier molecular flexibility index (Phi) is 5.79. The van der Waals surface area contributed by atoms with Gasteiger partial charge in [0.2, 0.25) is 0 Å². The number of likely N-dealkylation sites (N-methyl/N-ethyl adjacent to an activating group) is 1. The molecule has 2 nitrogen and oxygen atoms in total. The van der Waals surface area contributed by atoms with Crippen LogP contribution in [0.25, 0.3) is 0 Å². The molecule has 0 radical (unpaired) electrons. The van der Waals surface area contributed by atoms with E-state index in [1.54, 1.807) is 7.11 Å². The van der Waals surface area contributed by atoms with Crippen LogP contribution < -0.4 is 4.74 Å². The Balaban J connectivity index is 2.72. The van der Waals surface area contributed by atoms with Crippen LogP contribution in [0.1, 0.15) is 16.7 Å². The number of hydrogen-bond acceptors (Lipinski definition) is 2. The van der Waals surface area contributed by atoms with E-state index in [4.69, 9.17) is 16.3 Å². The van der Waals surface area contributed by atoms with E-state index in [9.17, 15) is 0 Å². The van der Waals surface area contributed by atoms with Crippen molar-refractivity contribution in [3.05, 3.63) is 28.8 Å². The first-order valence-corrected chi connectivity index (χ1v) is 6.50. The van der Waals surface area contributed by atoms with Crippen LogP contribution in [-0.2, 0) is 6.42 Å². The maximum atomic E-state index is 5.72. The normalized spacial score (nSPS) is 10.9. The Labute approximate surface area is 110 Å². The summed E-state index contributed by atoms with van der Waals surface area (Å²) in [6.45, 7) is 6.18. The van der Waals surface area contributed by atoms with Gasteiger partial charge in [0.25, 0.3) is 0 Å². The maximum Gasteiger partial charge on any atom is 0.122 e. The summed E-state index contributed by atoms with van der Waals surface area (Å²) in [5.74, 6) is 1.67. The lowest BCUT2D eigenvalue weighted by Gasteiger charge is -2.17. The van der Waals surface area contributed by atoms with E-state index >= 15 is 0 Å². The van der Waals surface area contributed by atoms with Gasteiger partial charge in [-0.05, 0) is 50.1 Å². The Hall–Kier alpha value is -0.730. The van der Waals surface area contributed by atoms with Gasteiger partial charge in [0, 0.05) is 19.0 Å². The first kappa shape index (κ1) is 14.3. The summed E-state index contributed by atoms with van der Waals surface area (Å²) in [7, 11) is 3.83. The Morgan fingerprint density at radius 3 is 2.41 bits per heavy atom. The molecular weight excluding hydrogens is 234 g/mol. The predicted octanol–water partition coefficient (Wildman–Crippen LogP) is 3.03. The van der Waals surface area contributed by atoms with Crippen LogP contribution in [0.15, 0.2) is 12.1 Å². The molecule has 3 heteroatoms. The number of hydrogen-bond donors (Lipinski definition) is 0. The standard InChI is InChI=1S/C14H22ClNO/c1-11-9-13(5-7-16(3)8-6-15)14(17-4)10-12(11)2/h9-10H,5-8H2,1-4H3. The van der Waals surface area contributed by atoms with E-state index in [2.05, 4.69) is 37.9 Å². The quantitative estimate of drug-likeness (QED) is 0.725. The van der Waals surface area contributed by atoms with Gasteiger partial charge in [-0.15, -0.1) is 11.6 Å². The number of methoxy groups -OCH3 is 1. The highest BCUT2D eigenvalue weighted by atomic mass is 35.5. The molecular formula is C14H22ClNO. The topological polar surface area (TPSA) is 12.5 Å². The summed E-state index contributed by atoms with van der Waals surface area (Å²) in [4.78, 5) is 2.24. The smallest absolute Gasteiger partial charge is 0.122 e. The fourth-order valence-electron chi connectivity index (χ4n) is 1.80. The number of benzene rings is 1. The van der Waals surface area contributed by atoms with E-state index < -0.39 is 0 Å². The van der Waals surface area contributed by atoms with Crippen LogP contribution in [-0.4, -0.2) is 38.0 Å². The minimum Gasteiger partial charge on any atom is -0.496 e. The van der Waals surface area contributed by atoms with Gasteiger partial charge in [0.15, 0.2) is 0 Å². The predicted molar refractivity (Wildman–Crippen MR) is 74.4 cm³/mol. The second-order valence-electron chi connectivity index (χ2n) is 4.49. The lowest BCUT2D eigenvalue weighted by Crippen LogP contribution is -2.23. The number of alkyl halides is 1. The first-order valence-electron chi connectivity index (χ1n) is 5.97. The lowest BCUT2D eigenvalue weighted by molar-refractivity contribution is 0.354. The second kappa shape index (κ2) is 6.87. The molecule has 0 aliphatic rings. The highest BCUT2D eigenvalue weighted by Crippen LogP contribution is 2.23. The summed E-state index contributed by atoms with van der Waals surface area (Å²) in [6.07, 6.45) is 0.998. The molecule has 0 aliphatic carbocycles. The SMILES string of the molecule is COc1cc(C)c(C)cc1CCN(C)CCCl. The molecule has 17 heavy (non-hydrogen) atoms. The van der Waals surface area contributed by atoms with Gasteiger partial charge < -0.3 is 9.64 Å². The fourth-order valence-corrected chi connectivity index (χ4v) is 2.09. The van der Waals surface area contributed by atoms with Gasteiger partial charge in [-0.1, -0.05) is 6.07 Å². The third-order valence-corrected chi connectivity index (χ3v) is 3.29. The molecule has 0 spiro atoms. The van der Waals surface area contributed by atoms with Crippen molar-refractivity contribution in [3.63, 3.8) is 0 Å². The average Bonchev–Trinajstić information content (AvgIpc) is 2.30. The van der Waals surface area contributed by atoms with Crippen LogP contribution in [0.3, 0.4) is 0 Å². The Morgan fingerprint density at radius 1 is 1.18 bits per heavy atom. The molecule has 0 aliphatic heterocycles. The van der Waals surface area contributed by atoms with E-state index in [1.807, 2.05) is 0 Å². The van der Waals surface area contributed by atoms with Crippen molar-refractivity contribution in [1.29, 1.82) is 0 Å². The molecule has 0 unspecified atom stereocenters. The molecule has 0 saturated heterocycles. The molecule has 0 bridgehead atoms. The van der Waals surface area contributed by atoms with Crippen LogP contribution in [0.2, 0.25) is 0 Å². The van der Waals surface area contributed by atoms with Gasteiger partial charge in [0.05, 0.1) is 7.11 Å². The highest BCUT2D eigenvalue weighted by Gasteiger charge is 2.07. The van der Waals surface area contributed by atoms with Crippen LogP contribution >= 0.6 is 11.6 Å². The zero-order valence-corrected chi connectivity index (χ0v) is 12.0. The third-order valence-electron chi connectivity index (χ3n) is 3.13. The van der Waals surface area contributed by atoms with Gasteiger partial charge >= 0.3 is 0 Å². The van der Waals surface area contributed by atoms with E-state index in [0.29, 0.717) is 5.88 Å². The minimum absolute atomic E-state index is 0.681. The number of rotatable bonds is 6. The van der Waals surface area contributed by atoms with Crippen molar-refractivity contribution in [2.45, 2.75) is 20.3 Å². The second-order valence-corrected chi connectivity index (χ2v) is 4.87. The van der Waals surface area contributed by atoms with Gasteiger partial charge in [-0.25, -0.2) is 0 Å². The van der Waals surface area contributed by atoms with Gasteiger partial charge in [-0.3, -0.25) is 0 Å². The Bertz CT molecular complexity index is 365. The molecule has 0 amide bonds.